The molecule has 0 radical (unpaired) electrons. The second kappa shape index (κ2) is 4.98. The van der Waals surface area contributed by atoms with E-state index in [0.717, 1.165) is 0 Å². The molecule has 0 aliphatic heterocycles. The van der Waals surface area contributed by atoms with Gasteiger partial charge in [0.2, 0.25) is 0 Å². The van der Waals surface area contributed by atoms with Crippen molar-refractivity contribution in [3.63, 3.8) is 0 Å². The third-order valence-corrected chi connectivity index (χ3v) is 1.88. The monoisotopic (exact) mass is 244 g/mol. The molecule has 0 unspecified atom stereocenters. The molecule has 1 amide bonds. The van der Waals surface area contributed by atoms with Gasteiger partial charge < -0.3 is 15.8 Å². The van der Waals surface area contributed by atoms with Crippen molar-refractivity contribution < 1.29 is 9.53 Å². The van der Waals surface area contributed by atoms with Gasteiger partial charge in [0.25, 0.3) is 0 Å². The Morgan fingerprint density at radius 1 is 1.62 bits per heavy atom. The van der Waals surface area contributed by atoms with Crippen LogP contribution in [0.15, 0.2) is 12.4 Å². The quantitative estimate of drug-likeness (QED) is 0.782. The van der Waals surface area contributed by atoms with Crippen LogP contribution >= 0.6 is 11.6 Å². The van der Waals surface area contributed by atoms with E-state index in [4.69, 9.17) is 22.1 Å². The summed E-state index contributed by atoms with van der Waals surface area (Å²) in [5.74, 6) is 0.554. The minimum atomic E-state index is -0.810. The van der Waals surface area contributed by atoms with Gasteiger partial charge in [-0.2, -0.15) is 0 Å². The predicted octanol–water partition coefficient (Wildman–Crippen LogP) is 1.42. The minimum absolute atomic E-state index is 0.129. The molecule has 1 aromatic rings. The zero-order valence-electron chi connectivity index (χ0n) is 9.03. The number of primary amides is 1. The molecule has 0 atom stereocenters. The van der Waals surface area contributed by atoms with E-state index in [0.29, 0.717) is 11.0 Å². The van der Waals surface area contributed by atoms with E-state index in [1.165, 1.54) is 6.33 Å². The molecule has 16 heavy (non-hydrogen) atoms. The highest BCUT2D eigenvalue weighted by Gasteiger charge is 2.20. The molecule has 0 spiro atoms. The highest BCUT2D eigenvalue weighted by molar-refractivity contribution is 6.29. The summed E-state index contributed by atoms with van der Waals surface area (Å²) in [6.45, 7) is 3.81. The number of hydrogen-bond donors (Lipinski definition) is 2. The van der Waals surface area contributed by atoms with Crippen molar-refractivity contribution in [1.29, 1.82) is 0 Å². The number of halogens is 1. The van der Waals surface area contributed by atoms with Gasteiger partial charge >= 0.3 is 6.09 Å². The van der Waals surface area contributed by atoms with Gasteiger partial charge in [0.15, 0.2) is 0 Å². The zero-order chi connectivity index (χ0) is 12.2. The second-order valence-corrected chi connectivity index (χ2v) is 4.23. The molecule has 6 nitrogen and oxygen atoms in total. The van der Waals surface area contributed by atoms with Gasteiger partial charge in [-0.15, -0.1) is 0 Å². The van der Waals surface area contributed by atoms with Crippen molar-refractivity contribution in [2.24, 2.45) is 5.73 Å². The average molecular weight is 245 g/mol. The molecule has 0 aromatic carbocycles. The summed E-state index contributed by atoms with van der Waals surface area (Å²) in [6, 6.07) is 1.58. The number of ether oxygens (including phenoxy) is 1. The summed E-state index contributed by atoms with van der Waals surface area (Å²) >= 11 is 5.70. The van der Waals surface area contributed by atoms with Crippen LogP contribution in [0.5, 0.6) is 0 Å². The summed E-state index contributed by atoms with van der Waals surface area (Å²) in [7, 11) is 0. The molecular weight excluding hydrogens is 232 g/mol. The molecule has 0 saturated heterocycles. The fourth-order valence-electron chi connectivity index (χ4n) is 1.04. The first kappa shape index (κ1) is 12.5. The standard InChI is InChI=1S/C9H13ClN4O2/c1-9(2,4-16-8(11)15)14-7-3-6(10)12-5-13-7/h3,5H,4H2,1-2H3,(H2,11,15)(H,12,13,14). The van der Waals surface area contributed by atoms with Crippen molar-refractivity contribution in [3.8, 4) is 0 Å². The van der Waals surface area contributed by atoms with Crippen LogP contribution in [0.25, 0.3) is 0 Å². The average Bonchev–Trinajstić information content (AvgIpc) is 2.14. The van der Waals surface area contributed by atoms with Crippen LogP contribution < -0.4 is 11.1 Å². The summed E-state index contributed by atoms with van der Waals surface area (Å²) < 4.78 is 4.71. The van der Waals surface area contributed by atoms with Gasteiger partial charge in [0.05, 0.1) is 5.54 Å². The number of rotatable bonds is 4. The molecule has 1 rings (SSSR count). The van der Waals surface area contributed by atoms with Gasteiger partial charge in [0.1, 0.15) is 23.9 Å². The van der Waals surface area contributed by atoms with E-state index in [1.807, 2.05) is 13.8 Å². The van der Waals surface area contributed by atoms with Crippen molar-refractivity contribution in [1.82, 2.24) is 9.97 Å². The van der Waals surface area contributed by atoms with Crippen LogP contribution in [0.1, 0.15) is 13.8 Å². The Hall–Kier alpha value is -1.56. The van der Waals surface area contributed by atoms with Crippen LogP contribution in [0, 0.1) is 0 Å². The van der Waals surface area contributed by atoms with Crippen molar-refractivity contribution in [2.45, 2.75) is 19.4 Å². The van der Waals surface area contributed by atoms with E-state index in [1.54, 1.807) is 6.07 Å². The highest BCUT2D eigenvalue weighted by atomic mass is 35.5. The zero-order valence-corrected chi connectivity index (χ0v) is 9.78. The lowest BCUT2D eigenvalue weighted by Gasteiger charge is -2.25. The Morgan fingerprint density at radius 3 is 2.88 bits per heavy atom. The Balaban J connectivity index is 2.61. The third kappa shape index (κ3) is 4.31. The van der Waals surface area contributed by atoms with Gasteiger partial charge in [-0.05, 0) is 13.8 Å². The first-order valence-electron chi connectivity index (χ1n) is 4.57. The largest absolute Gasteiger partial charge is 0.447 e. The van der Waals surface area contributed by atoms with Crippen LogP contribution in [-0.4, -0.2) is 28.2 Å². The summed E-state index contributed by atoms with van der Waals surface area (Å²) in [5, 5.41) is 3.38. The maximum Gasteiger partial charge on any atom is 0.404 e. The van der Waals surface area contributed by atoms with Crippen LogP contribution in [0.4, 0.5) is 10.6 Å². The predicted molar refractivity (Wildman–Crippen MR) is 60.3 cm³/mol. The first-order chi connectivity index (χ1) is 7.39. The number of carbonyl (C=O) groups excluding carboxylic acids is 1. The van der Waals surface area contributed by atoms with E-state index >= 15 is 0 Å². The van der Waals surface area contributed by atoms with Crippen LogP contribution in [0.3, 0.4) is 0 Å². The SMILES string of the molecule is CC(C)(COC(N)=O)Nc1cc(Cl)ncn1. The van der Waals surface area contributed by atoms with Crippen molar-refractivity contribution in [2.75, 3.05) is 11.9 Å². The van der Waals surface area contributed by atoms with Gasteiger partial charge in [-0.3, -0.25) is 0 Å². The van der Waals surface area contributed by atoms with Gasteiger partial charge in [0, 0.05) is 6.07 Å². The summed E-state index contributed by atoms with van der Waals surface area (Å²) in [6.07, 6.45) is 0.533. The molecule has 1 aromatic heterocycles. The maximum absolute atomic E-state index is 10.5. The van der Waals surface area contributed by atoms with Gasteiger partial charge in [-0.1, -0.05) is 11.6 Å². The number of anilines is 1. The Morgan fingerprint density at radius 2 is 2.31 bits per heavy atom. The highest BCUT2D eigenvalue weighted by Crippen LogP contribution is 2.15. The number of nitrogens with one attached hydrogen (secondary N) is 1. The van der Waals surface area contributed by atoms with Gasteiger partial charge in [-0.25, -0.2) is 14.8 Å². The minimum Gasteiger partial charge on any atom is -0.447 e. The molecule has 0 aliphatic rings. The van der Waals surface area contributed by atoms with Crippen LogP contribution in [-0.2, 0) is 4.74 Å². The van der Waals surface area contributed by atoms with E-state index in [9.17, 15) is 4.79 Å². The fourth-order valence-corrected chi connectivity index (χ4v) is 1.18. The fraction of sp³-hybridized carbons (Fsp3) is 0.444. The van der Waals surface area contributed by atoms with E-state index in [-0.39, 0.29) is 6.61 Å². The molecule has 3 N–H and O–H groups in total. The van der Waals surface area contributed by atoms with Crippen molar-refractivity contribution in [3.05, 3.63) is 17.5 Å². The summed E-state index contributed by atoms with van der Waals surface area (Å²) in [4.78, 5) is 18.2. The topological polar surface area (TPSA) is 90.1 Å². The third-order valence-electron chi connectivity index (χ3n) is 1.68. The number of amides is 1. The second-order valence-electron chi connectivity index (χ2n) is 3.84. The Labute approximate surface area is 98.2 Å². The number of carbonyl (C=O) groups is 1. The number of nitrogens with two attached hydrogens (primary N) is 1. The maximum atomic E-state index is 10.5. The lowest BCUT2D eigenvalue weighted by Crippen LogP contribution is -2.38. The molecule has 1 heterocycles. The Kier molecular flexibility index (Phi) is 3.89. The van der Waals surface area contributed by atoms with E-state index in [2.05, 4.69) is 15.3 Å². The lowest BCUT2D eigenvalue weighted by molar-refractivity contribution is 0.138. The first-order valence-corrected chi connectivity index (χ1v) is 4.95. The van der Waals surface area contributed by atoms with Crippen molar-refractivity contribution >= 4 is 23.5 Å². The summed E-state index contributed by atoms with van der Waals surface area (Å²) in [5.41, 5.74) is 4.39. The molecule has 0 saturated carbocycles. The molecule has 0 fully saturated rings. The number of nitrogens with zero attached hydrogens (tertiary/aromatic N) is 2. The number of hydrogen-bond acceptors (Lipinski definition) is 5. The molecule has 88 valence electrons. The number of aromatic nitrogens is 2. The lowest BCUT2D eigenvalue weighted by atomic mass is 10.1. The van der Waals surface area contributed by atoms with Crippen LogP contribution in [0.2, 0.25) is 5.15 Å². The molecular formula is C9H13ClN4O2. The molecule has 0 aliphatic carbocycles. The molecule has 7 heteroatoms. The normalized spacial score (nSPS) is 10.9. The molecule has 0 bridgehead atoms. The smallest absolute Gasteiger partial charge is 0.404 e. The van der Waals surface area contributed by atoms with E-state index < -0.39 is 11.6 Å². The Bertz CT molecular complexity index is 384.